The van der Waals surface area contributed by atoms with Crippen LogP contribution in [-0.2, 0) is 16.1 Å². The van der Waals surface area contributed by atoms with Crippen molar-refractivity contribution < 1.29 is 9.59 Å². The van der Waals surface area contributed by atoms with Gasteiger partial charge in [0.25, 0.3) is 5.91 Å². The minimum absolute atomic E-state index is 0.0818. The van der Waals surface area contributed by atoms with Gasteiger partial charge in [0.05, 0.1) is 12.1 Å². The minimum Gasteiger partial charge on any atom is -0.339 e. The van der Waals surface area contributed by atoms with Gasteiger partial charge < -0.3 is 10.2 Å². The zero-order chi connectivity index (χ0) is 14.8. The molecule has 2 heterocycles. The van der Waals surface area contributed by atoms with E-state index in [9.17, 15) is 9.59 Å². The Morgan fingerprint density at radius 1 is 1.29 bits per heavy atom. The number of hydrogen-bond acceptors (Lipinski definition) is 4. The van der Waals surface area contributed by atoms with Crippen LogP contribution in [0.15, 0.2) is 42.0 Å². The van der Waals surface area contributed by atoms with E-state index in [0.29, 0.717) is 6.54 Å². The molecule has 21 heavy (non-hydrogen) atoms. The number of rotatable bonds is 3. The number of aromatic nitrogens is 1. The lowest BCUT2D eigenvalue weighted by Crippen LogP contribution is -2.58. The number of piperazine rings is 1. The van der Waals surface area contributed by atoms with Crippen LogP contribution in [0.25, 0.3) is 0 Å². The van der Waals surface area contributed by atoms with E-state index in [0.717, 1.165) is 10.4 Å². The zero-order valence-corrected chi connectivity index (χ0v) is 12.3. The predicted octanol–water partition coefficient (Wildman–Crippen LogP) is 1.73. The normalized spacial score (nSPS) is 22.2. The topological polar surface area (TPSA) is 62.3 Å². The van der Waals surface area contributed by atoms with Gasteiger partial charge in [-0.2, -0.15) is 0 Å². The molecule has 1 aliphatic heterocycles. The van der Waals surface area contributed by atoms with Crippen LogP contribution < -0.4 is 5.32 Å². The molecule has 2 aromatic rings. The summed E-state index contributed by atoms with van der Waals surface area (Å²) in [5.41, 5.74) is 2.53. The summed E-state index contributed by atoms with van der Waals surface area (Å²) in [6.45, 7) is 2.16. The molecule has 2 amide bonds. The monoisotopic (exact) mass is 301 g/mol. The maximum absolute atomic E-state index is 12.7. The highest BCUT2D eigenvalue weighted by atomic mass is 32.1. The van der Waals surface area contributed by atoms with E-state index in [2.05, 4.69) is 10.3 Å². The molecular weight excluding hydrogens is 286 g/mol. The van der Waals surface area contributed by atoms with Crippen LogP contribution in [-0.4, -0.2) is 27.7 Å². The molecule has 0 saturated carbocycles. The molecule has 1 saturated heterocycles. The second-order valence-electron chi connectivity index (χ2n) is 4.96. The van der Waals surface area contributed by atoms with Crippen LogP contribution in [0.5, 0.6) is 0 Å². The van der Waals surface area contributed by atoms with Crippen molar-refractivity contribution in [1.29, 1.82) is 0 Å². The van der Waals surface area contributed by atoms with Crippen LogP contribution in [0.1, 0.15) is 23.4 Å². The van der Waals surface area contributed by atoms with Crippen molar-refractivity contribution in [1.82, 2.24) is 15.2 Å². The molecular formula is C15H15N3O2S. The Balaban J connectivity index is 1.88. The lowest BCUT2D eigenvalue weighted by Gasteiger charge is -2.37. The first kappa shape index (κ1) is 13.8. The van der Waals surface area contributed by atoms with E-state index >= 15 is 0 Å². The molecule has 2 atom stereocenters. The summed E-state index contributed by atoms with van der Waals surface area (Å²) >= 11 is 1.48. The molecule has 1 aromatic heterocycles. The van der Waals surface area contributed by atoms with Crippen LogP contribution in [0, 0.1) is 0 Å². The second kappa shape index (κ2) is 5.65. The number of nitrogens with zero attached hydrogens (tertiary/aromatic N) is 2. The van der Waals surface area contributed by atoms with Gasteiger partial charge in [-0.25, -0.2) is 0 Å². The van der Waals surface area contributed by atoms with Gasteiger partial charge >= 0.3 is 0 Å². The van der Waals surface area contributed by atoms with Gasteiger partial charge in [-0.3, -0.25) is 14.6 Å². The molecule has 0 radical (unpaired) electrons. The Bertz CT molecular complexity index is 642. The molecule has 0 spiro atoms. The SMILES string of the molecule is CC1C(=O)NC(c2ccccc2)C(=O)N1Cc1cncs1. The summed E-state index contributed by atoms with van der Waals surface area (Å²) in [4.78, 5) is 31.4. The maximum Gasteiger partial charge on any atom is 0.250 e. The van der Waals surface area contributed by atoms with Gasteiger partial charge in [0.1, 0.15) is 12.1 Å². The first-order chi connectivity index (χ1) is 10.2. The molecule has 6 heteroatoms. The summed E-state index contributed by atoms with van der Waals surface area (Å²) in [6, 6.07) is 8.23. The van der Waals surface area contributed by atoms with E-state index in [1.54, 1.807) is 23.5 Å². The summed E-state index contributed by atoms with van der Waals surface area (Å²) in [7, 11) is 0. The third-order valence-corrected chi connectivity index (χ3v) is 4.37. The smallest absolute Gasteiger partial charge is 0.250 e. The van der Waals surface area contributed by atoms with Gasteiger partial charge in [0, 0.05) is 11.1 Å². The van der Waals surface area contributed by atoms with Gasteiger partial charge in [-0.15, -0.1) is 11.3 Å². The first-order valence-electron chi connectivity index (χ1n) is 6.70. The molecule has 3 rings (SSSR count). The molecule has 5 nitrogen and oxygen atoms in total. The number of thiazole rings is 1. The highest BCUT2D eigenvalue weighted by Gasteiger charge is 2.38. The molecule has 1 aromatic carbocycles. The van der Waals surface area contributed by atoms with Crippen molar-refractivity contribution in [3.63, 3.8) is 0 Å². The Hall–Kier alpha value is -2.21. The van der Waals surface area contributed by atoms with Crippen LogP contribution in [0.2, 0.25) is 0 Å². The molecule has 0 bridgehead atoms. The average molecular weight is 301 g/mol. The number of benzene rings is 1. The Morgan fingerprint density at radius 2 is 2.05 bits per heavy atom. The number of hydrogen-bond donors (Lipinski definition) is 1. The fraction of sp³-hybridized carbons (Fsp3) is 0.267. The lowest BCUT2D eigenvalue weighted by atomic mass is 10.0. The van der Waals surface area contributed by atoms with Crippen molar-refractivity contribution in [2.45, 2.75) is 25.6 Å². The fourth-order valence-corrected chi connectivity index (χ4v) is 2.99. The summed E-state index contributed by atoms with van der Waals surface area (Å²) in [5, 5.41) is 2.80. The molecule has 1 aliphatic rings. The van der Waals surface area contributed by atoms with E-state index < -0.39 is 12.1 Å². The number of carbonyl (C=O) groups is 2. The van der Waals surface area contributed by atoms with Gasteiger partial charge in [-0.1, -0.05) is 30.3 Å². The third kappa shape index (κ3) is 2.67. The quantitative estimate of drug-likeness (QED) is 0.939. The maximum atomic E-state index is 12.7. The molecule has 2 unspecified atom stereocenters. The average Bonchev–Trinajstić information content (AvgIpc) is 3.01. The van der Waals surface area contributed by atoms with E-state index in [-0.39, 0.29) is 11.8 Å². The van der Waals surface area contributed by atoms with E-state index in [1.165, 1.54) is 11.3 Å². The van der Waals surface area contributed by atoms with Crippen molar-refractivity contribution in [2.24, 2.45) is 0 Å². The number of carbonyl (C=O) groups excluding carboxylic acids is 2. The van der Waals surface area contributed by atoms with Gasteiger partial charge in [0.15, 0.2) is 0 Å². The molecule has 0 aliphatic carbocycles. The van der Waals surface area contributed by atoms with Crippen LogP contribution in [0.4, 0.5) is 0 Å². The van der Waals surface area contributed by atoms with Gasteiger partial charge in [0.2, 0.25) is 5.91 Å². The van der Waals surface area contributed by atoms with E-state index in [1.807, 2.05) is 30.3 Å². The largest absolute Gasteiger partial charge is 0.339 e. The molecule has 1 N–H and O–H groups in total. The Labute approximate surface area is 126 Å². The van der Waals surface area contributed by atoms with Crippen molar-refractivity contribution in [3.8, 4) is 0 Å². The third-order valence-electron chi connectivity index (χ3n) is 3.61. The Morgan fingerprint density at radius 3 is 2.71 bits per heavy atom. The van der Waals surface area contributed by atoms with E-state index in [4.69, 9.17) is 0 Å². The minimum atomic E-state index is -0.608. The molecule has 1 fully saturated rings. The summed E-state index contributed by atoms with van der Waals surface area (Å²) < 4.78 is 0. The predicted molar refractivity (Wildman–Crippen MR) is 79.5 cm³/mol. The summed E-state index contributed by atoms with van der Waals surface area (Å²) in [6.07, 6.45) is 1.73. The van der Waals surface area contributed by atoms with Crippen molar-refractivity contribution >= 4 is 23.2 Å². The van der Waals surface area contributed by atoms with Gasteiger partial charge in [-0.05, 0) is 12.5 Å². The Kier molecular flexibility index (Phi) is 3.70. The number of nitrogens with one attached hydrogen (secondary N) is 1. The fourth-order valence-electron chi connectivity index (χ4n) is 2.40. The first-order valence-corrected chi connectivity index (χ1v) is 7.58. The molecule has 108 valence electrons. The standard InChI is InChI=1S/C15H15N3O2S/c1-10-14(19)17-13(11-5-3-2-4-6-11)15(20)18(10)8-12-7-16-9-21-12/h2-7,9-10,13H,8H2,1H3,(H,17,19). The highest BCUT2D eigenvalue weighted by molar-refractivity contribution is 7.09. The van der Waals surface area contributed by atoms with Crippen LogP contribution in [0.3, 0.4) is 0 Å². The summed E-state index contributed by atoms with van der Waals surface area (Å²) in [5.74, 6) is -0.213. The van der Waals surface area contributed by atoms with Crippen LogP contribution >= 0.6 is 11.3 Å². The lowest BCUT2D eigenvalue weighted by molar-refractivity contribution is -0.149. The zero-order valence-electron chi connectivity index (χ0n) is 11.5. The number of amides is 2. The highest BCUT2D eigenvalue weighted by Crippen LogP contribution is 2.24. The van der Waals surface area contributed by atoms with Crippen molar-refractivity contribution in [3.05, 3.63) is 52.5 Å². The van der Waals surface area contributed by atoms with Crippen molar-refractivity contribution in [2.75, 3.05) is 0 Å². The second-order valence-corrected chi connectivity index (χ2v) is 5.93.